The molecule has 0 fully saturated rings. The molecule has 18 heavy (non-hydrogen) atoms. The average molecular weight is 250 g/mol. The van der Waals surface area contributed by atoms with Gasteiger partial charge in [0.15, 0.2) is 5.58 Å². The van der Waals surface area contributed by atoms with Gasteiger partial charge in [0.2, 0.25) is 5.91 Å². The summed E-state index contributed by atoms with van der Waals surface area (Å²) in [6.45, 7) is 0.0193. The summed E-state index contributed by atoms with van der Waals surface area (Å²) in [5.41, 5.74) is 0.720. The zero-order valence-electron chi connectivity index (χ0n) is 9.47. The van der Waals surface area contributed by atoms with E-state index in [0.717, 1.165) is 0 Å². The number of nitrogens with zero attached hydrogens (tertiary/aromatic N) is 2. The number of nitro groups is 1. The Balaban J connectivity index is 2.22. The van der Waals surface area contributed by atoms with Crippen LogP contribution in [0.25, 0.3) is 11.1 Å². The van der Waals surface area contributed by atoms with Crippen LogP contribution in [0.2, 0.25) is 0 Å². The van der Waals surface area contributed by atoms with E-state index >= 15 is 0 Å². The summed E-state index contributed by atoms with van der Waals surface area (Å²) >= 11 is 0. The Kier molecular flexibility index (Phi) is 3.09. The molecule has 0 saturated carbocycles. The van der Waals surface area contributed by atoms with E-state index in [4.69, 9.17) is 4.42 Å². The molecule has 2 N–H and O–H groups in total. The molecule has 1 aromatic heterocycles. The Labute approximate surface area is 101 Å². The zero-order valence-corrected chi connectivity index (χ0v) is 9.47. The number of hydrogen-bond acceptors (Lipinski definition) is 6. The number of non-ortho nitro benzene ring substituents is 1. The van der Waals surface area contributed by atoms with Crippen LogP contribution in [0.3, 0.4) is 0 Å². The van der Waals surface area contributed by atoms with Gasteiger partial charge in [-0.3, -0.25) is 14.9 Å². The first-order valence-corrected chi connectivity index (χ1v) is 5.09. The highest BCUT2D eigenvalue weighted by Crippen LogP contribution is 2.23. The average Bonchev–Trinajstić information content (AvgIpc) is 2.77. The van der Waals surface area contributed by atoms with Gasteiger partial charge in [-0.15, -0.1) is 0 Å². The molecule has 1 amide bonds. The Morgan fingerprint density at radius 1 is 1.56 bits per heavy atom. The lowest BCUT2D eigenvalue weighted by Gasteiger charge is -1.98. The van der Waals surface area contributed by atoms with Gasteiger partial charge in [-0.2, -0.15) is 4.98 Å². The monoisotopic (exact) mass is 250 g/mol. The van der Waals surface area contributed by atoms with E-state index in [1.54, 1.807) is 0 Å². The van der Waals surface area contributed by atoms with Gasteiger partial charge < -0.3 is 15.1 Å². The number of nitro benzene ring substituents is 1. The maximum Gasteiger partial charge on any atom is 0.296 e. The number of oxazole rings is 1. The van der Waals surface area contributed by atoms with Crippen molar-refractivity contribution < 1.29 is 14.1 Å². The van der Waals surface area contributed by atoms with Crippen molar-refractivity contribution in [2.45, 2.75) is 0 Å². The molecule has 94 valence electrons. The number of carbonyl (C=O) groups excluding carboxylic acids is 1. The first kappa shape index (κ1) is 11.8. The van der Waals surface area contributed by atoms with Crippen molar-refractivity contribution in [3.8, 4) is 0 Å². The van der Waals surface area contributed by atoms with Crippen molar-refractivity contribution in [1.29, 1.82) is 0 Å². The van der Waals surface area contributed by atoms with Crippen molar-refractivity contribution >= 4 is 28.7 Å². The van der Waals surface area contributed by atoms with Crippen molar-refractivity contribution in [1.82, 2.24) is 10.3 Å². The first-order valence-electron chi connectivity index (χ1n) is 5.09. The summed E-state index contributed by atoms with van der Waals surface area (Å²) in [6.07, 6.45) is 0. The summed E-state index contributed by atoms with van der Waals surface area (Å²) in [7, 11) is 1.51. The highest BCUT2D eigenvalue weighted by Gasteiger charge is 2.11. The molecular formula is C10H10N4O4. The maximum atomic E-state index is 11.0. The van der Waals surface area contributed by atoms with E-state index in [2.05, 4.69) is 15.6 Å². The normalized spacial score (nSPS) is 10.3. The van der Waals surface area contributed by atoms with Gasteiger partial charge in [0, 0.05) is 19.2 Å². The summed E-state index contributed by atoms with van der Waals surface area (Å²) < 4.78 is 5.27. The number of fused-ring (bicyclic) bond motifs is 1. The number of nitrogens with one attached hydrogen (secondary N) is 2. The molecule has 0 aliphatic carbocycles. The molecule has 2 rings (SSSR count). The third-order valence-electron chi connectivity index (χ3n) is 2.26. The van der Waals surface area contributed by atoms with Crippen molar-refractivity contribution in [3.05, 3.63) is 28.3 Å². The van der Waals surface area contributed by atoms with Crippen LogP contribution >= 0.6 is 0 Å². The Hall–Kier alpha value is -2.64. The summed E-state index contributed by atoms with van der Waals surface area (Å²) in [5.74, 6) is -0.219. The standard InChI is InChI=1S/C10H10N4O4/c1-11-9(15)5-12-10-13-7-4-6(14(16)17)2-3-8(7)18-10/h2-4H,5H2,1H3,(H,11,15)(H,12,13). The number of anilines is 1. The summed E-state index contributed by atoms with van der Waals surface area (Å²) in [4.78, 5) is 25.1. The molecule has 0 spiro atoms. The minimum absolute atomic E-state index is 0.0193. The van der Waals surface area contributed by atoms with Gasteiger partial charge in [0.25, 0.3) is 11.7 Å². The molecule has 8 nitrogen and oxygen atoms in total. The van der Waals surface area contributed by atoms with Crippen LogP contribution in [0.5, 0.6) is 0 Å². The third-order valence-corrected chi connectivity index (χ3v) is 2.26. The Morgan fingerprint density at radius 2 is 2.33 bits per heavy atom. The molecule has 2 aromatic rings. The van der Waals surface area contributed by atoms with Gasteiger partial charge >= 0.3 is 0 Å². The second-order valence-corrected chi connectivity index (χ2v) is 3.45. The molecule has 0 atom stereocenters. The topological polar surface area (TPSA) is 110 Å². The maximum absolute atomic E-state index is 11.0. The van der Waals surface area contributed by atoms with E-state index in [9.17, 15) is 14.9 Å². The van der Waals surface area contributed by atoms with E-state index in [1.165, 1.54) is 25.2 Å². The van der Waals surface area contributed by atoms with Crippen LogP contribution in [0.1, 0.15) is 0 Å². The van der Waals surface area contributed by atoms with Crippen LogP contribution in [0.15, 0.2) is 22.6 Å². The summed E-state index contributed by atoms with van der Waals surface area (Å²) in [6, 6.07) is 4.25. The molecule has 0 saturated heterocycles. The molecule has 1 heterocycles. The molecule has 0 aliphatic heterocycles. The molecule has 0 aliphatic rings. The number of likely N-dealkylation sites (N-methyl/N-ethyl adjacent to an activating group) is 1. The van der Waals surface area contributed by atoms with Crippen LogP contribution in [-0.4, -0.2) is 29.4 Å². The number of aromatic nitrogens is 1. The fraction of sp³-hybridized carbons (Fsp3) is 0.200. The van der Waals surface area contributed by atoms with E-state index < -0.39 is 4.92 Å². The first-order chi connectivity index (χ1) is 8.60. The minimum Gasteiger partial charge on any atom is -0.424 e. The number of amides is 1. The van der Waals surface area contributed by atoms with E-state index in [1.807, 2.05) is 0 Å². The predicted molar refractivity (Wildman–Crippen MR) is 63.2 cm³/mol. The highest BCUT2D eigenvalue weighted by atomic mass is 16.6. The lowest BCUT2D eigenvalue weighted by atomic mass is 10.3. The zero-order chi connectivity index (χ0) is 13.1. The smallest absolute Gasteiger partial charge is 0.296 e. The lowest BCUT2D eigenvalue weighted by Crippen LogP contribution is -2.26. The fourth-order valence-corrected chi connectivity index (χ4v) is 1.35. The third kappa shape index (κ3) is 2.37. The highest BCUT2D eigenvalue weighted by molar-refractivity contribution is 5.81. The van der Waals surface area contributed by atoms with E-state index in [0.29, 0.717) is 11.1 Å². The second kappa shape index (κ2) is 4.70. The number of rotatable bonds is 4. The Morgan fingerprint density at radius 3 is 3.00 bits per heavy atom. The molecule has 8 heteroatoms. The fourth-order valence-electron chi connectivity index (χ4n) is 1.35. The summed E-state index contributed by atoms with van der Waals surface area (Å²) in [5, 5.41) is 15.7. The SMILES string of the molecule is CNC(=O)CNc1nc2cc([N+](=O)[O-])ccc2o1. The lowest BCUT2D eigenvalue weighted by molar-refractivity contribution is -0.384. The second-order valence-electron chi connectivity index (χ2n) is 3.45. The Bertz CT molecular complexity index is 607. The van der Waals surface area contributed by atoms with Gasteiger partial charge in [0.1, 0.15) is 5.52 Å². The van der Waals surface area contributed by atoms with Crippen molar-refractivity contribution in [3.63, 3.8) is 0 Å². The molecule has 0 unspecified atom stereocenters. The van der Waals surface area contributed by atoms with Gasteiger partial charge in [-0.25, -0.2) is 0 Å². The minimum atomic E-state index is -0.508. The number of carbonyl (C=O) groups is 1. The van der Waals surface area contributed by atoms with Crippen molar-refractivity contribution in [2.75, 3.05) is 18.9 Å². The molecule has 0 bridgehead atoms. The quantitative estimate of drug-likeness (QED) is 0.616. The van der Waals surface area contributed by atoms with Crippen LogP contribution < -0.4 is 10.6 Å². The molecule has 0 radical (unpaired) electrons. The predicted octanol–water partition coefficient (Wildman–Crippen LogP) is 0.894. The van der Waals surface area contributed by atoms with E-state index in [-0.39, 0.29) is 24.2 Å². The van der Waals surface area contributed by atoms with Gasteiger partial charge in [0.05, 0.1) is 11.5 Å². The number of benzene rings is 1. The van der Waals surface area contributed by atoms with Crippen LogP contribution in [0, 0.1) is 10.1 Å². The number of hydrogen-bond donors (Lipinski definition) is 2. The molecular weight excluding hydrogens is 240 g/mol. The van der Waals surface area contributed by atoms with Gasteiger partial charge in [-0.1, -0.05) is 0 Å². The van der Waals surface area contributed by atoms with Crippen molar-refractivity contribution in [2.24, 2.45) is 0 Å². The van der Waals surface area contributed by atoms with Gasteiger partial charge in [-0.05, 0) is 6.07 Å². The van der Waals surface area contributed by atoms with Crippen LogP contribution in [-0.2, 0) is 4.79 Å². The molecule has 1 aromatic carbocycles. The van der Waals surface area contributed by atoms with Crippen LogP contribution in [0.4, 0.5) is 11.7 Å². The largest absolute Gasteiger partial charge is 0.424 e.